The molecule has 2 rings (SSSR count). The first-order valence-electron chi connectivity index (χ1n) is 9.77. The predicted molar refractivity (Wildman–Crippen MR) is 102 cm³/mol. The molecular formula is C19H36N4O2. The van der Waals surface area contributed by atoms with Gasteiger partial charge in [0.2, 0.25) is 0 Å². The van der Waals surface area contributed by atoms with Gasteiger partial charge in [-0.2, -0.15) is 0 Å². The number of guanidine groups is 1. The molecule has 1 unspecified atom stereocenters. The third-order valence-electron chi connectivity index (χ3n) is 5.09. The highest BCUT2D eigenvalue weighted by Gasteiger charge is 2.27. The van der Waals surface area contributed by atoms with E-state index in [-0.39, 0.29) is 6.09 Å². The molecule has 0 bridgehead atoms. The van der Waals surface area contributed by atoms with Crippen molar-refractivity contribution >= 4 is 12.1 Å². The molecule has 0 aromatic rings. The second-order valence-corrected chi connectivity index (χ2v) is 8.63. The van der Waals surface area contributed by atoms with E-state index in [4.69, 9.17) is 10.5 Å². The van der Waals surface area contributed by atoms with E-state index in [2.05, 4.69) is 16.8 Å². The van der Waals surface area contributed by atoms with Crippen LogP contribution >= 0.6 is 0 Å². The maximum absolute atomic E-state index is 12.2. The minimum absolute atomic E-state index is 0.192. The minimum Gasteiger partial charge on any atom is -0.444 e. The van der Waals surface area contributed by atoms with Gasteiger partial charge in [-0.05, 0) is 64.7 Å². The quantitative estimate of drug-likeness (QED) is 0.626. The van der Waals surface area contributed by atoms with E-state index < -0.39 is 5.60 Å². The zero-order valence-corrected chi connectivity index (χ0v) is 16.5. The summed E-state index contributed by atoms with van der Waals surface area (Å²) in [6, 6.07) is 0. The van der Waals surface area contributed by atoms with Crippen LogP contribution in [0, 0.1) is 11.8 Å². The third kappa shape index (κ3) is 6.75. The molecule has 0 aromatic carbocycles. The third-order valence-corrected chi connectivity index (χ3v) is 5.09. The van der Waals surface area contributed by atoms with Gasteiger partial charge in [0.25, 0.3) is 0 Å². The van der Waals surface area contributed by atoms with Crippen molar-refractivity contribution in [3.8, 4) is 0 Å². The SMILES string of the molecule is CC1CCN(C(N)=NCCC2CCCN(C(=O)OC(C)(C)C)C2)CC1. The summed E-state index contributed by atoms with van der Waals surface area (Å²) in [6.45, 7) is 12.4. The van der Waals surface area contributed by atoms with Crippen LogP contribution in [-0.4, -0.2) is 60.2 Å². The molecule has 2 fully saturated rings. The van der Waals surface area contributed by atoms with E-state index in [9.17, 15) is 4.79 Å². The Labute approximate surface area is 152 Å². The van der Waals surface area contributed by atoms with Crippen molar-refractivity contribution in [1.82, 2.24) is 9.80 Å². The van der Waals surface area contributed by atoms with Crippen LogP contribution in [0.4, 0.5) is 4.79 Å². The van der Waals surface area contributed by atoms with Crippen LogP contribution in [0.15, 0.2) is 4.99 Å². The van der Waals surface area contributed by atoms with E-state index in [0.717, 1.165) is 57.9 Å². The molecule has 25 heavy (non-hydrogen) atoms. The van der Waals surface area contributed by atoms with Gasteiger partial charge in [0.15, 0.2) is 5.96 Å². The Morgan fingerprint density at radius 3 is 2.48 bits per heavy atom. The lowest BCUT2D eigenvalue weighted by Gasteiger charge is -2.34. The van der Waals surface area contributed by atoms with Gasteiger partial charge in [0.1, 0.15) is 5.60 Å². The topological polar surface area (TPSA) is 71.2 Å². The van der Waals surface area contributed by atoms with E-state index in [0.29, 0.717) is 11.9 Å². The summed E-state index contributed by atoms with van der Waals surface area (Å²) in [7, 11) is 0. The normalized spacial score (nSPS) is 23.7. The lowest BCUT2D eigenvalue weighted by Crippen LogP contribution is -2.43. The number of ether oxygens (including phenoxy) is 1. The number of likely N-dealkylation sites (tertiary alicyclic amines) is 2. The molecule has 0 radical (unpaired) electrons. The maximum atomic E-state index is 12.2. The first kappa shape index (κ1) is 19.9. The Morgan fingerprint density at radius 2 is 1.84 bits per heavy atom. The summed E-state index contributed by atoms with van der Waals surface area (Å²) in [4.78, 5) is 20.9. The minimum atomic E-state index is -0.436. The second-order valence-electron chi connectivity index (χ2n) is 8.63. The second kappa shape index (κ2) is 8.77. The standard InChI is InChI=1S/C19H36N4O2/c1-15-8-12-22(13-9-15)17(20)21-10-7-16-6-5-11-23(14-16)18(24)25-19(2,3)4/h15-16H,5-14H2,1-4H3,(H2,20,21). The van der Waals surface area contributed by atoms with Crippen molar-refractivity contribution < 1.29 is 9.53 Å². The van der Waals surface area contributed by atoms with Gasteiger partial charge in [-0.3, -0.25) is 4.99 Å². The molecule has 6 heteroatoms. The number of carbonyl (C=O) groups excluding carboxylic acids is 1. The Kier molecular flexibility index (Phi) is 6.96. The number of amides is 1. The molecule has 1 atom stereocenters. The van der Waals surface area contributed by atoms with Gasteiger partial charge in [0, 0.05) is 32.7 Å². The summed E-state index contributed by atoms with van der Waals surface area (Å²) in [6.07, 6.45) is 5.36. The molecule has 1 amide bonds. The highest BCUT2D eigenvalue weighted by molar-refractivity contribution is 5.78. The lowest BCUT2D eigenvalue weighted by molar-refractivity contribution is 0.0163. The molecule has 0 aliphatic carbocycles. The smallest absolute Gasteiger partial charge is 0.410 e. The van der Waals surface area contributed by atoms with Crippen LogP contribution in [0.1, 0.15) is 59.8 Å². The highest BCUT2D eigenvalue weighted by atomic mass is 16.6. The van der Waals surface area contributed by atoms with Crippen molar-refractivity contribution in [3.05, 3.63) is 0 Å². The summed E-state index contributed by atoms with van der Waals surface area (Å²) >= 11 is 0. The summed E-state index contributed by atoms with van der Waals surface area (Å²) < 4.78 is 5.49. The number of nitrogens with zero attached hydrogens (tertiary/aromatic N) is 3. The first-order chi connectivity index (χ1) is 11.7. The van der Waals surface area contributed by atoms with Gasteiger partial charge in [-0.15, -0.1) is 0 Å². The number of nitrogens with two attached hydrogens (primary N) is 1. The summed E-state index contributed by atoms with van der Waals surface area (Å²) in [5, 5.41) is 0. The van der Waals surface area contributed by atoms with E-state index in [1.165, 1.54) is 12.8 Å². The monoisotopic (exact) mass is 352 g/mol. The molecule has 0 aromatic heterocycles. The van der Waals surface area contributed by atoms with Gasteiger partial charge < -0.3 is 20.3 Å². The largest absolute Gasteiger partial charge is 0.444 e. The number of piperidine rings is 2. The molecule has 2 N–H and O–H groups in total. The van der Waals surface area contributed by atoms with Crippen molar-refractivity contribution in [3.63, 3.8) is 0 Å². The van der Waals surface area contributed by atoms with E-state index >= 15 is 0 Å². The number of carbonyl (C=O) groups is 1. The van der Waals surface area contributed by atoms with Gasteiger partial charge in [-0.1, -0.05) is 6.92 Å². The van der Waals surface area contributed by atoms with Crippen LogP contribution in [0.3, 0.4) is 0 Å². The fourth-order valence-electron chi connectivity index (χ4n) is 3.49. The summed E-state index contributed by atoms with van der Waals surface area (Å²) in [5.74, 6) is 1.97. The van der Waals surface area contributed by atoms with E-state index in [1.54, 1.807) is 0 Å². The van der Waals surface area contributed by atoms with Crippen LogP contribution in [0.2, 0.25) is 0 Å². The molecule has 144 valence electrons. The van der Waals surface area contributed by atoms with E-state index in [1.807, 2.05) is 25.7 Å². The Balaban J connectivity index is 1.75. The number of hydrogen-bond acceptors (Lipinski definition) is 3. The molecule has 2 aliphatic rings. The van der Waals surface area contributed by atoms with Crippen LogP contribution < -0.4 is 5.73 Å². The van der Waals surface area contributed by atoms with Crippen molar-refractivity contribution in [1.29, 1.82) is 0 Å². The zero-order valence-electron chi connectivity index (χ0n) is 16.5. The van der Waals surface area contributed by atoms with Gasteiger partial charge in [0.05, 0.1) is 0 Å². The number of aliphatic imine (C=N–C) groups is 1. The average molecular weight is 353 g/mol. The molecule has 2 saturated heterocycles. The fourth-order valence-corrected chi connectivity index (χ4v) is 3.49. The van der Waals surface area contributed by atoms with Crippen molar-refractivity contribution in [2.75, 3.05) is 32.7 Å². The Bertz CT molecular complexity index is 465. The highest BCUT2D eigenvalue weighted by Crippen LogP contribution is 2.22. The zero-order chi connectivity index (χ0) is 18.4. The fraction of sp³-hybridized carbons (Fsp3) is 0.895. The Hall–Kier alpha value is -1.46. The lowest BCUT2D eigenvalue weighted by atomic mass is 9.95. The predicted octanol–water partition coefficient (Wildman–Crippen LogP) is 3.07. The molecule has 0 saturated carbocycles. The summed E-state index contributed by atoms with van der Waals surface area (Å²) in [5.41, 5.74) is 5.71. The average Bonchev–Trinajstić information content (AvgIpc) is 2.54. The molecule has 6 nitrogen and oxygen atoms in total. The Morgan fingerprint density at radius 1 is 1.16 bits per heavy atom. The van der Waals surface area contributed by atoms with Crippen LogP contribution in [-0.2, 0) is 4.74 Å². The number of hydrogen-bond donors (Lipinski definition) is 1. The maximum Gasteiger partial charge on any atom is 0.410 e. The first-order valence-corrected chi connectivity index (χ1v) is 9.77. The van der Waals surface area contributed by atoms with Gasteiger partial charge in [-0.25, -0.2) is 4.79 Å². The number of rotatable bonds is 3. The molecule has 2 heterocycles. The van der Waals surface area contributed by atoms with Crippen LogP contribution in [0.5, 0.6) is 0 Å². The molecule has 0 spiro atoms. The van der Waals surface area contributed by atoms with Crippen LogP contribution in [0.25, 0.3) is 0 Å². The molecular weight excluding hydrogens is 316 g/mol. The van der Waals surface area contributed by atoms with Crippen molar-refractivity contribution in [2.45, 2.75) is 65.4 Å². The molecule has 2 aliphatic heterocycles. The van der Waals surface area contributed by atoms with Gasteiger partial charge >= 0.3 is 6.09 Å². The van der Waals surface area contributed by atoms with Crippen molar-refractivity contribution in [2.24, 2.45) is 22.6 Å².